The zero-order valence-corrected chi connectivity index (χ0v) is 17.7. The van der Waals surface area contributed by atoms with E-state index in [1.807, 2.05) is 13.0 Å². The third kappa shape index (κ3) is 5.87. The largest absolute Gasteiger partial charge is 0.496 e. The second kappa shape index (κ2) is 10.2. The Balaban J connectivity index is 1.58. The Labute approximate surface area is 173 Å². The van der Waals surface area contributed by atoms with Crippen molar-refractivity contribution in [3.8, 4) is 11.5 Å². The van der Waals surface area contributed by atoms with Crippen LogP contribution in [-0.2, 0) is 17.8 Å². The van der Waals surface area contributed by atoms with Crippen molar-refractivity contribution in [2.45, 2.75) is 39.5 Å². The summed E-state index contributed by atoms with van der Waals surface area (Å²) in [6.45, 7) is 6.86. The quantitative estimate of drug-likeness (QED) is 0.554. The molecule has 156 valence electrons. The molecule has 1 fully saturated rings. The highest BCUT2D eigenvalue weighted by Gasteiger charge is 2.18. The smallest absolute Gasteiger partial charge is 0.191 e. The number of benzene rings is 2. The van der Waals surface area contributed by atoms with Gasteiger partial charge in [-0.3, -0.25) is 4.99 Å². The number of rotatable bonds is 7. The molecule has 0 bridgehead atoms. The van der Waals surface area contributed by atoms with E-state index in [0.29, 0.717) is 19.7 Å². The first-order chi connectivity index (χ1) is 14.1. The van der Waals surface area contributed by atoms with Crippen LogP contribution in [0.4, 0.5) is 0 Å². The van der Waals surface area contributed by atoms with Gasteiger partial charge in [0.1, 0.15) is 17.6 Å². The second-order valence-corrected chi connectivity index (χ2v) is 7.30. The summed E-state index contributed by atoms with van der Waals surface area (Å²) in [5, 5.41) is 6.74. The monoisotopic (exact) mass is 397 g/mol. The van der Waals surface area contributed by atoms with E-state index in [9.17, 15) is 0 Å². The first kappa shape index (κ1) is 21.0. The molecule has 3 rings (SSSR count). The van der Waals surface area contributed by atoms with Gasteiger partial charge in [-0.1, -0.05) is 24.3 Å². The SMILES string of the molecule is CN=C(NCc1ccc(OC)c(C)c1)NCc1ccc(C)cc1OC1CCOC1. The maximum absolute atomic E-state index is 6.18. The summed E-state index contributed by atoms with van der Waals surface area (Å²) in [7, 11) is 3.46. The van der Waals surface area contributed by atoms with Gasteiger partial charge in [0, 0.05) is 32.1 Å². The number of hydrogen-bond acceptors (Lipinski definition) is 4. The fourth-order valence-electron chi connectivity index (χ4n) is 3.34. The van der Waals surface area contributed by atoms with E-state index < -0.39 is 0 Å². The standard InChI is InChI=1S/C23H31N3O3/c1-16-5-7-19(22(11-16)29-20-9-10-28-15-20)14-26-23(24-3)25-13-18-6-8-21(27-4)17(2)12-18/h5-8,11-12,20H,9-10,13-15H2,1-4H3,(H2,24,25,26). The fraction of sp³-hybridized carbons (Fsp3) is 0.435. The number of nitrogens with zero attached hydrogens (tertiary/aromatic N) is 1. The van der Waals surface area contributed by atoms with E-state index >= 15 is 0 Å². The molecule has 6 heteroatoms. The predicted molar refractivity (Wildman–Crippen MR) is 116 cm³/mol. The van der Waals surface area contributed by atoms with Crippen LogP contribution < -0.4 is 20.1 Å². The van der Waals surface area contributed by atoms with E-state index in [0.717, 1.165) is 41.6 Å². The van der Waals surface area contributed by atoms with Gasteiger partial charge in [-0.2, -0.15) is 0 Å². The van der Waals surface area contributed by atoms with Crippen LogP contribution in [-0.4, -0.2) is 39.4 Å². The van der Waals surface area contributed by atoms with E-state index in [4.69, 9.17) is 14.2 Å². The number of methoxy groups -OCH3 is 1. The maximum Gasteiger partial charge on any atom is 0.191 e. The van der Waals surface area contributed by atoms with E-state index in [2.05, 4.69) is 52.9 Å². The molecule has 0 amide bonds. The molecule has 2 aromatic carbocycles. The van der Waals surface area contributed by atoms with Crippen molar-refractivity contribution >= 4 is 5.96 Å². The topological polar surface area (TPSA) is 64.1 Å². The molecular weight excluding hydrogens is 366 g/mol. The molecule has 1 heterocycles. The number of ether oxygens (including phenoxy) is 3. The lowest BCUT2D eigenvalue weighted by molar-refractivity contribution is 0.140. The summed E-state index contributed by atoms with van der Waals surface area (Å²) < 4.78 is 16.9. The number of hydrogen-bond donors (Lipinski definition) is 2. The lowest BCUT2D eigenvalue weighted by atomic mass is 10.1. The number of nitrogens with one attached hydrogen (secondary N) is 2. The minimum atomic E-state index is 0.131. The molecule has 2 aromatic rings. The third-order valence-electron chi connectivity index (χ3n) is 4.99. The van der Waals surface area contributed by atoms with E-state index in [-0.39, 0.29) is 6.10 Å². The molecule has 0 spiro atoms. The Kier molecular flexibility index (Phi) is 7.36. The molecule has 1 aliphatic rings. The molecule has 1 aliphatic heterocycles. The van der Waals surface area contributed by atoms with Gasteiger partial charge in [-0.15, -0.1) is 0 Å². The molecule has 0 saturated carbocycles. The van der Waals surface area contributed by atoms with Gasteiger partial charge in [-0.25, -0.2) is 0 Å². The molecule has 29 heavy (non-hydrogen) atoms. The van der Waals surface area contributed by atoms with Crippen molar-refractivity contribution in [2.75, 3.05) is 27.4 Å². The van der Waals surface area contributed by atoms with Gasteiger partial charge in [0.05, 0.1) is 20.3 Å². The second-order valence-electron chi connectivity index (χ2n) is 7.30. The molecule has 1 unspecified atom stereocenters. The summed E-state index contributed by atoms with van der Waals surface area (Å²) in [6.07, 6.45) is 1.07. The maximum atomic E-state index is 6.18. The molecular formula is C23H31N3O3. The molecule has 1 atom stereocenters. The van der Waals surface area contributed by atoms with Gasteiger partial charge in [0.2, 0.25) is 0 Å². The Morgan fingerprint density at radius 2 is 1.93 bits per heavy atom. The predicted octanol–water partition coefficient (Wildman–Crippen LogP) is 3.34. The lowest BCUT2D eigenvalue weighted by Crippen LogP contribution is -2.36. The molecule has 1 saturated heterocycles. The van der Waals surface area contributed by atoms with Crippen LogP contribution >= 0.6 is 0 Å². The van der Waals surface area contributed by atoms with Crippen LogP contribution in [0.3, 0.4) is 0 Å². The van der Waals surface area contributed by atoms with E-state index in [1.54, 1.807) is 14.2 Å². The van der Waals surface area contributed by atoms with Gasteiger partial charge >= 0.3 is 0 Å². The summed E-state index contributed by atoms with van der Waals surface area (Å²) >= 11 is 0. The van der Waals surface area contributed by atoms with Crippen molar-refractivity contribution in [3.05, 3.63) is 58.7 Å². The van der Waals surface area contributed by atoms with Crippen LogP contribution in [0.25, 0.3) is 0 Å². The van der Waals surface area contributed by atoms with Crippen molar-refractivity contribution in [1.82, 2.24) is 10.6 Å². The minimum absolute atomic E-state index is 0.131. The molecule has 2 N–H and O–H groups in total. The highest BCUT2D eigenvalue weighted by Crippen LogP contribution is 2.24. The van der Waals surface area contributed by atoms with Crippen molar-refractivity contribution in [2.24, 2.45) is 4.99 Å². The zero-order valence-electron chi connectivity index (χ0n) is 17.7. The van der Waals surface area contributed by atoms with Crippen LogP contribution in [0.1, 0.15) is 28.7 Å². The fourth-order valence-corrected chi connectivity index (χ4v) is 3.34. The Morgan fingerprint density at radius 3 is 2.62 bits per heavy atom. The van der Waals surface area contributed by atoms with E-state index in [1.165, 1.54) is 11.1 Å². The zero-order chi connectivity index (χ0) is 20.6. The third-order valence-corrected chi connectivity index (χ3v) is 4.99. The molecule has 0 radical (unpaired) electrons. The summed E-state index contributed by atoms with van der Waals surface area (Å²) in [6, 6.07) is 12.5. The molecule has 0 aromatic heterocycles. The number of guanidine groups is 1. The van der Waals surface area contributed by atoms with Crippen molar-refractivity contribution < 1.29 is 14.2 Å². The first-order valence-electron chi connectivity index (χ1n) is 10.0. The van der Waals surface area contributed by atoms with Crippen LogP contribution in [0, 0.1) is 13.8 Å². The molecule has 0 aliphatic carbocycles. The normalized spacial score (nSPS) is 16.6. The highest BCUT2D eigenvalue weighted by atomic mass is 16.5. The first-order valence-corrected chi connectivity index (χ1v) is 10.0. The van der Waals surface area contributed by atoms with Gasteiger partial charge < -0.3 is 24.8 Å². The van der Waals surface area contributed by atoms with Gasteiger partial charge in [-0.05, 0) is 42.7 Å². The Bertz CT molecular complexity index is 845. The minimum Gasteiger partial charge on any atom is -0.496 e. The van der Waals surface area contributed by atoms with Crippen LogP contribution in [0.5, 0.6) is 11.5 Å². The van der Waals surface area contributed by atoms with Crippen LogP contribution in [0.2, 0.25) is 0 Å². The Hall–Kier alpha value is -2.73. The number of aryl methyl sites for hydroxylation is 2. The van der Waals surface area contributed by atoms with Crippen LogP contribution in [0.15, 0.2) is 41.4 Å². The summed E-state index contributed by atoms with van der Waals surface area (Å²) in [5.41, 5.74) is 4.57. The van der Waals surface area contributed by atoms with Gasteiger partial charge in [0.25, 0.3) is 0 Å². The highest BCUT2D eigenvalue weighted by molar-refractivity contribution is 5.79. The van der Waals surface area contributed by atoms with Gasteiger partial charge in [0.15, 0.2) is 5.96 Å². The average molecular weight is 398 g/mol. The number of aliphatic imine (C=N–C) groups is 1. The van der Waals surface area contributed by atoms with Crippen molar-refractivity contribution in [1.29, 1.82) is 0 Å². The molecule has 6 nitrogen and oxygen atoms in total. The lowest BCUT2D eigenvalue weighted by Gasteiger charge is -2.18. The summed E-state index contributed by atoms with van der Waals surface area (Å²) in [4.78, 5) is 4.33. The summed E-state index contributed by atoms with van der Waals surface area (Å²) in [5.74, 6) is 2.55. The Morgan fingerprint density at radius 1 is 1.10 bits per heavy atom. The average Bonchev–Trinajstić information content (AvgIpc) is 3.22. The van der Waals surface area contributed by atoms with Crippen molar-refractivity contribution in [3.63, 3.8) is 0 Å².